The number of rotatable bonds is 8. The molecule has 8 heteroatoms. The van der Waals surface area contributed by atoms with Crippen molar-refractivity contribution < 1.29 is 14.6 Å². The van der Waals surface area contributed by atoms with E-state index >= 15 is 0 Å². The average molecular weight is 470 g/mol. The fourth-order valence-electron chi connectivity index (χ4n) is 3.04. The van der Waals surface area contributed by atoms with Gasteiger partial charge in [-0.25, -0.2) is 4.79 Å². The standard InChI is InChI=1S/C17H34N4O3.HI/c1-4-24-17(23)21-8-5-15(6-9-21)20-16(18)19-12-14(7-10-22)11-13(2)3;/h13-15,22H,4-12H2,1-3H3,(H3,18,19,20);1H. The third-order valence-corrected chi connectivity index (χ3v) is 4.23. The topological polar surface area (TPSA) is 100 Å². The lowest BCUT2D eigenvalue weighted by atomic mass is 9.94. The lowest BCUT2D eigenvalue weighted by molar-refractivity contribution is 0.0963. The number of carbonyl (C=O) groups excluding carboxylic acids is 1. The summed E-state index contributed by atoms with van der Waals surface area (Å²) in [5.41, 5.74) is 5.99. The van der Waals surface area contributed by atoms with Gasteiger partial charge in [-0.2, -0.15) is 0 Å². The number of aliphatic hydroxyl groups is 1. The van der Waals surface area contributed by atoms with Crippen LogP contribution in [0.4, 0.5) is 4.79 Å². The first-order valence-corrected chi connectivity index (χ1v) is 9.05. The molecular formula is C17H35IN4O3. The molecule has 7 nitrogen and oxygen atoms in total. The Balaban J connectivity index is 0.00000576. The van der Waals surface area contributed by atoms with Gasteiger partial charge in [0.05, 0.1) is 6.61 Å². The molecule has 0 aliphatic carbocycles. The maximum Gasteiger partial charge on any atom is 0.409 e. The first-order chi connectivity index (χ1) is 11.5. The Morgan fingerprint density at radius 3 is 2.56 bits per heavy atom. The summed E-state index contributed by atoms with van der Waals surface area (Å²) in [6.45, 7) is 8.73. The summed E-state index contributed by atoms with van der Waals surface area (Å²) in [7, 11) is 0. The number of ether oxygens (including phenoxy) is 1. The maximum atomic E-state index is 11.7. The van der Waals surface area contributed by atoms with Gasteiger partial charge in [0.1, 0.15) is 0 Å². The predicted molar refractivity (Wildman–Crippen MR) is 111 cm³/mol. The number of carbonyl (C=O) groups is 1. The largest absolute Gasteiger partial charge is 0.450 e. The smallest absolute Gasteiger partial charge is 0.409 e. The Morgan fingerprint density at radius 2 is 2.04 bits per heavy atom. The summed E-state index contributed by atoms with van der Waals surface area (Å²) >= 11 is 0. The summed E-state index contributed by atoms with van der Waals surface area (Å²) in [5.74, 6) is 1.40. The average Bonchev–Trinajstić information content (AvgIpc) is 2.53. The number of aliphatic imine (C=N–C) groups is 1. The molecule has 0 aromatic rings. The van der Waals surface area contributed by atoms with Crippen LogP contribution in [-0.2, 0) is 4.74 Å². The molecule has 0 aromatic carbocycles. The highest BCUT2D eigenvalue weighted by molar-refractivity contribution is 14.0. The van der Waals surface area contributed by atoms with Crippen LogP contribution in [0.1, 0.15) is 46.5 Å². The van der Waals surface area contributed by atoms with E-state index in [2.05, 4.69) is 24.2 Å². The highest BCUT2D eigenvalue weighted by Crippen LogP contribution is 2.16. The molecule has 1 atom stereocenters. The first kappa shape index (κ1) is 24.2. The van der Waals surface area contributed by atoms with E-state index in [0.29, 0.717) is 44.0 Å². The molecule has 0 aromatic heterocycles. The van der Waals surface area contributed by atoms with Gasteiger partial charge in [-0.15, -0.1) is 24.0 Å². The fourth-order valence-corrected chi connectivity index (χ4v) is 3.04. The van der Waals surface area contributed by atoms with Crippen LogP contribution in [0.5, 0.6) is 0 Å². The van der Waals surface area contributed by atoms with Gasteiger partial charge in [-0.3, -0.25) is 4.99 Å². The third kappa shape index (κ3) is 10.1. The molecule has 1 aliphatic heterocycles. The summed E-state index contributed by atoms with van der Waals surface area (Å²) in [6.07, 6.45) is 3.22. The Morgan fingerprint density at radius 1 is 1.40 bits per heavy atom. The minimum absolute atomic E-state index is 0. The van der Waals surface area contributed by atoms with Crippen molar-refractivity contribution in [2.45, 2.75) is 52.5 Å². The van der Waals surface area contributed by atoms with Crippen LogP contribution in [0, 0.1) is 11.8 Å². The second-order valence-corrected chi connectivity index (χ2v) is 6.84. The Kier molecular flexibility index (Phi) is 13.0. The van der Waals surface area contributed by atoms with Gasteiger partial charge >= 0.3 is 6.09 Å². The van der Waals surface area contributed by atoms with Gasteiger partial charge in [0.2, 0.25) is 0 Å². The van der Waals surface area contributed by atoms with E-state index in [1.807, 2.05) is 6.92 Å². The number of amides is 1. The molecule has 1 rings (SSSR count). The summed E-state index contributed by atoms with van der Waals surface area (Å²) in [5, 5.41) is 12.4. The summed E-state index contributed by atoms with van der Waals surface area (Å²) in [4.78, 5) is 17.8. The Labute approximate surface area is 168 Å². The number of nitrogens with two attached hydrogens (primary N) is 1. The lowest BCUT2D eigenvalue weighted by Gasteiger charge is -2.31. The maximum absolute atomic E-state index is 11.7. The minimum atomic E-state index is -0.238. The molecule has 1 fully saturated rings. The SMILES string of the molecule is CCOC(=O)N1CCC(NC(N)=NCC(CCO)CC(C)C)CC1.I. The van der Waals surface area contributed by atoms with Gasteiger partial charge in [0, 0.05) is 32.3 Å². The number of hydrogen-bond donors (Lipinski definition) is 3. The van der Waals surface area contributed by atoms with Gasteiger partial charge in [0.15, 0.2) is 5.96 Å². The number of halogens is 1. The van der Waals surface area contributed by atoms with Crippen molar-refractivity contribution >= 4 is 36.0 Å². The fraction of sp³-hybridized carbons (Fsp3) is 0.882. The van der Waals surface area contributed by atoms with Crippen LogP contribution < -0.4 is 11.1 Å². The van der Waals surface area contributed by atoms with Crippen LogP contribution in [0.15, 0.2) is 4.99 Å². The summed E-state index contributed by atoms with van der Waals surface area (Å²) in [6, 6.07) is 0.237. The van der Waals surface area contributed by atoms with E-state index < -0.39 is 0 Å². The molecule has 1 unspecified atom stereocenters. The van der Waals surface area contributed by atoms with Crippen molar-refractivity contribution in [3.05, 3.63) is 0 Å². The van der Waals surface area contributed by atoms with E-state index in [4.69, 9.17) is 15.6 Å². The normalized spacial score (nSPS) is 17.2. The van der Waals surface area contributed by atoms with Crippen LogP contribution >= 0.6 is 24.0 Å². The van der Waals surface area contributed by atoms with Crippen molar-refractivity contribution in [2.24, 2.45) is 22.6 Å². The molecule has 0 bridgehead atoms. The van der Waals surface area contributed by atoms with Crippen molar-refractivity contribution in [3.63, 3.8) is 0 Å². The molecule has 1 amide bonds. The first-order valence-electron chi connectivity index (χ1n) is 9.05. The second kappa shape index (κ2) is 13.4. The molecule has 148 valence electrons. The van der Waals surface area contributed by atoms with Gasteiger partial charge in [0.25, 0.3) is 0 Å². The Hall–Kier alpha value is -0.770. The number of nitrogens with one attached hydrogen (secondary N) is 1. The minimum Gasteiger partial charge on any atom is -0.450 e. The second-order valence-electron chi connectivity index (χ2n) is 6.84. The van der Waals surface area contributed by atoms with Crippen molar-refractivity contribution in [3.8, 4) is 0 Å². The molecule has 0 spiro atoms. The van der Waals surface area contributed by atoms with Crippen molar-refractivity contribution in [1.29, 1.82) is 0 Å². The Bertz CT molecular complexity index is 399. The highest BCUT2D eigenvalue weighted by atomic mass is 127. The van der Waals surface area contributed by atoms with Crippen LogP contribution in [0.3, 0.4) is 0 Å². The van der Waals surface area contributed by atoms with Gasteiger partial charge in [-0.1, -0.05) is 13.8 Å². The quantitative estimate of drug-likeness (QED) is 0.287. The van der Waals surface area contributed by atoms with Gasteiger partial charge < -0.3 is 25.8 Å². The molecule has 0 radical (unpaired) electrons. The molecule has 1 heterocycles. The number of aliphatic hydroxyl groups excluding tert-OH is 1. The van der Waals surface area contributed by atoms with E-state index in [9.17, 15) is 4.79 Å². The molecule has 4 N–H and O–H groups in total. The monoisotopic (exact) mass is 470 g/mol. The zero-order valence-corrected chi connectivity index (χ0v) is 18.1. The lowest BCUT2D eigenvalue weighted by Crippen LogP contribution is -2.48. The van der Waals surface area contributed by atoms with Crippen molar-refractivity contribution in [2.75, 3.05) is 32.8 Å². The number of piperidine rings is 1. The van der Waals surface area contributed by atoms with Crippen LogP contribution in [-0.4, -0.2) is 60.9 Å². The van der Waals surface area contributed by atoms with Crippen molar-refractivity contribution in [1.82, 2.24) is 10.2 Å². The number of likely N-dealkylation sites (tertiary alicyclic amines) is 1. The van der Waals surface area contributed by atoms with Crippen LogP contribution in [0.2, 0.25) is 0 Å². The number of hydrogen-bond acceptors (Lipinski definition) is 4. The highest BCUT2D eigenvalue weighted by Gasteiger charge is 2.23. The molecule has 25 heavy (non-hydrogen) atoms. The summed E-state index contributed by atoms with van der Waals surface area (Å²) < 4.78 is 5.01. The number of nitrogens with zero attached hydrogens (tertiary/aromatic N) is 2. The number of guanidine groups is 1. The van der Waals surface area contributed by atoms with E-state index in [1.54, 1.807) is 4.90 Å². The zero-order chi connectivity index (χ0) is 17.9. The molecular weight excluding hydrogens is 435 g/mol. The third-order valence-electron chi connectivity index (χ3n) is 4.23. The molecule has 1 saturated heterocycles. The molecule has 0 saturated carbocycles. The van der Waals surface area contributed by atoms with Gasteiger partial charge in [-0.05, 0) is 44.4 Å². The zero-order valence-electron chi connectivity index (χ0n) is 15.7. The molecule has 1 aliphatic rings. The van der Waals surface area contributed by atoms with Crippen LogP contribution in [0.25, 0.3) is 0 Å². The van der Waals surface area contributed by atoms with E-state index in [0.717, 1.165) is 25.7 Å². The predicted octanol–water partition coefficient (Wildman–Crippen LogP) is 2.17. The van der Waals surface area contributed by atoms with E-state index in [-0.39, 0.29) is 42.7 Å². The van der Waals surface area contributed by atoms with E-state index in [1.165, 1.54) is 0 Å².